The number of amides is 2. The second-order valence-corrected chi connectivity index (χ2v) is 6.73. The maximum absolute atomic E-state index is 12.5. The Labute approximate surface area is 141 Å². The fourth-order valence-electron chi connectivity index (χ4n) is 3.95. The molecule has 1 aliphatic heterocycles. The molecule has 3 rings (SSSR count). The van der Waals surface area contributed by atoms with Gasteiger partial charge in [-0.15, -0.1) is 0 Å². The van der Waals surface area contributed by atoms with Crippen molar-refractivity contribution in [2.75, 3.05) is 6.54 Å². The fourth-order valence-corrected chi connectivity index (χ4v) is 3.95. The second kappa shape index (κ2) is 7.21. The van der Waals surface area contributed by atoms with E-state index in [2.05, 4.69) is 5.32 Å². The number of benzene rings is 1. The molecule has 1 heterocycles. The molecule has 3 N–H and O–H groups in total. The van der Waals surface area contributed by atoms with E-state index in [4.69, 9.17) is 5.11 Å². The molecule has 0 radical (unpaired) electrons. The van der Waals surface area contributed by atoms with Gasteiger partial charge < -0.3 is 20.4 Å². The molecule has 130 valence electrons. The number of nitrogens with zero attached hydrogens (tertiary/aromatic N) is 1. The van der Waals surface area contributed by atoms with Gasteiger partial charge in [-0.1, -0.05) is 18.6 Å². The summed E-state index contributed by atoms with van der Waals surface area (Å²) in [5, 5.41) is 21.9. The summed E-state index contributed by atoms with van der Waals surface area (Å²) in [5.41, 5.74) is 1.10. The van der Waals surface area contributed by atoms with Crippen LogP contribution in [-0.2, 0) is 6.54 Å². The average molecular weight is 332 g/mol. The van der Waals surface area contributed by atoms with Crippen molar-refractivity contribution >= 4 is 12.0 Å². The topological polar surface area (TPSA) is 89.9 Å². The van der Waals surface area contributed by atoms with Crippen molar-refractivity contribution in [2.24, 2.45) is 5.92 Å². The van der Waals surface area contributed by atoms with Crippen LogP contribution in [0.3, 0.4) is 0 Å². The van der Waals surface area contributed by atoms with Crippen LogP contribution >= 0.6 is 0 Å². The van der Waals surface area contributed by atoms with Gasteiger partial charge in [-0.3, -0.25) is 0 Å². The van der Waals surface area contributed by atoms with Gasteiger partial charge in [0.2, 0.25) is 0 Å². The maximum Gasteiger partial charge on any atom is 0.335 e. The van der Waals surface area contributed by atoms with Gasteiger partial charge in [0, 0.05) is 25.0 Å². The molecule has 3 atom stereocenters. The molecule has 1 aliphatic carbocycles. The summed E-state index contributed by atoms with van der Waals surface area (Å²) >= 11 is 0. The number of hydrogen-bond acceptors (Lipinski definition) is 3. The van der Waals surface area contributed by atoms with Crippen molar-refractivity contribution < 1.29 is 19.8 Å². The van der Waals surface area contributed by atoms with E-state index < -0.39 is 5.97 Å². The molecule has 0 bridgehead atoms. The second-order valence-electron chi connectivity index (χ2n) is 6.73. The molecule has 1 aromatic carbocycles. The number of likely N-dealkylation sites (tertiary alicyclic amines) is 1. The zero-order valence-corrected chi connectivity index (χ0v) is 13.6. The summed E-state index contributed by atoms with van der Waals surface area (Å²) < 4.78 is 0. The van der Waals surface area contributed by atoms with Crippen LogP contribution in [0.15, 0.2) is 24.3 Å². The molecule has 3 unspecified atom stereocenters. The van der Waals surface area contributed by atoms with Crippen LogP contribution in [0.1, 0.15) is 48.0 Å². The Kier molecular flexibility index (Phi) is 5.04. The minimum absolute atomic E-state index is 0.0982. The Balaban J connectivity index is 1.57. The normalized spacial score (nSPS) is 26.5. The highest BCUT2D eigenvalue weighted by Gasteiger charge is 2.40. The van der Waals surface area contributed by atoms with Gasteiger partial charge in [-0.2, -0.15) is 0 Å². The zero-order valence-electron chi connectivity index (χ0n) is 13.6. The first-order valence-corrected chi connectivity index (χ1v) is 8.61. The van der Waals surface area contributed by atoms with Crippen LogP contribution in [0, 0.1) is 5.92 Å². The van der Waals surface area contributed by atoms with Crippen molar-refractivity contribution in [3.8, 4) is 0 Å². The number of aromatic carboxylic acids is 1. The lowest BCUT2D eigenvalue weighted by Gasteiger charge is -2.31. The van der Waals surface area contributed by atoms with Gasteiger partial charge in [-0.05, 0) is 43.4 Å². The van der Waals surface area contributed by atoms with Crippen molar-refractivity contribution in [2.45, 2.75) is 50.8 Å². The maximum atomic E-state index is 12.5. The number of aliphatic hydroxyl groups is 1. The summed E-state index contributed by atoms with van der Waals surface area (Å²) in [4.78, 5) is 25.2. The number of carbonyl (C=O) groups excluding carboxylic acids is 1. The molecule has 1 saturated carbocycles. The summed E-state index contributed by atoms with van der Waals surface area (Å²) in [6, 6.07) is 6.54. The third-order valence-corrected chi connectivity index (χ3v) is 5.23. The predicted molar refractivity (Wildman–Crippen MR) is 88.7 cm³/mol. The number of urea groups is 1. The number of carbonyl (C=O) groups is 2. The first kappa shape index (κ1) is 16.8. The van der Waals surface area contributed by atoms with Crippen LogP contribution in [0.2, 0.25) is 0 Å². The molecule has 2 amide bonds. The van der Waals surface area contributed by atoms with E-state index in [0.29, 0.717) is 6.54 Å². The van der Waals surface area contributed by atoms with Crippen molar-refractivity contribution in [3.63, 3.8) is 0 Å². The van der Waals surface area contributed by atoms with E-state index in [9.17, 15) is 14.7 Å². The predicted octanol–water partition coefficient (Wildman–Crippen LogP) is 2.22. The summed E-state index contributed by atoms with van der Waals surface area (Å²) in [7, 11) is 0. The minimum Gasteiger partial charge on any atom is -0.478 e. The third-order valence-electron chi connectivity index (χ3n) is 5.23. The van der Waals surface area contributed by atoms with Crippen LogP contribution in [0.5, 0.6) is 0 Å². The molecule has 0 spiro atoms. The number of hydrogen-bond donors (Lipinski definition) is 3. The highest BCUT2D eigenvalue weighted by molar-refractivity contribution is 5.87. The number of rotatable bonds is 4. The lowest BCUT2D eigenvalue weighted by atomic mass is 9.94. The molecule has 6 nitrogen and oxygen atoms in total. The van der Waals surface area contributed by atoms with Gasteiger partial charge in [0.1, 0.15) is 0 Å². The number of carboxylic acids is 1. The molecule has 6 heteroatoms. The Morgan fingerprint density at radius 2 is 1.88 bits per heavy atom. The summed E-state index contributed by atoms with van der Waals surface area (Å²) in [6.45, 7) is 1.10. The van der Waals surface area contributed by atoms with Gasteiger partial charge in [0.15, 0.2) is 0 Å². The van der Waals surface area contributed by atoms with Crippen molar-refractivity contribution in [1.82, 2.24) is 10.2 Å². The first-order chi connectivity index (χ1) is 11.6. The molecule has 1 saturated heterocycles. The number of aliphatic hydroxyl groups excluding tert-OH is 1. The lowest BCUT2D eigenvalue weighted by molar-refractivity contribution is 0.0696. The van der Waals surface area contributed by atoms with E-state index in [0.717, 1.165) is 44.2 Å². The van der Waals surface area contributed by atoms with E-state index in [1.165, 1.54) is 12.1 Å². The lowest BCUT2D eigenvalue weighted by Crippen LogP contribution is -2.46. The van der Waals surface area contributed by atoms with E-state index in [-0.39, 0.29) is 29.7 Å². The zero-order chi connectivity index (χ0) is 17.1. The first-order valence-electron chi connectivity index (χ1n) is 8.61. The van der Waals surface area contributed by atoms with Crippen LogP contribution in [0.4, 0.5) is 4.79 Å². The Morgan fingerprint density at radius 3 is 2.50 bits per heavy atom. The van der Waals surface area contributed by atoms with Gasteiger partial charge >= 0.3 is 12.0 Å². The summed E-state index contributed by atoms with van der Waals surface area (Å²) in [5.74, 6) is -0.756. The van der Waals surface area contributed by atoms with Crippen LogP contribution in [-0.4, -0.2) is 45.8 Å². The molecule has 2 fully saturated rings. The SMILES string of the molecule is O=C(O)c1ccc(CNC(=O)N2CCCC2C2CCCC2O)cc1. The smallest absolute Gasteiger partial charge is 0.335 e. The quantitative estimate of drug-likeness (QED) is 0.788. The van der Waals surface area contributed by atoms with Crippen LogP contribution < -0.4 is 5.32 Å². The Hall–Kier alpha value is -2.08. The molecular formula is C18H24N2O4. The van der Waals surface area contributed by atoms with E-state index in [1.807, 2.05) is 4.90 Å². The molecule has 0 aromatic heterocycles. The van der Waals surface area contributed by atoms with Gasteiger partial charge in [0.05, 0.1) is 11.7 Å². The standard InChI is InChI=1S/C18H24N2O4/c21-16-5-1-3-14(16)15-4-2-10-20(15)18(24)19-11-12-6-8-13(9-7-12)17(22)23/h6-9,14-16,21H,1-5,10-11H2,(H,19,24)(H,22,23). The highest BCUT2D eigenvalue weighted by atomic mass is 16.4. The van der Waals surface area contributed by atoms with Gasteiger partial charge in [-0.25, -0.2) is 9.59 Å². The molecular weight excluding hydrogens is 308 g/mol. The largest absolute Gasteiger partial charge is 0.478 e. The van der Waals surface area contributed by atoms with Crippen molar-refractivity contribution in [3.05, 3.63) is 35.4 Å². The third kappa shape index (κ3) is 3.53. The van der Waals surface area contributed by atoms with Crippen molar-refractivity contribution in [1.29, 1.82) is 0 Å². The van der Waals surface area contributed by atoms with Crippen LogP contribution in [0.25, 0.3) is 0 Å². The van der Waals surface area contributed by atoms with E-state index >= 15 is 0 Å². The number of carboxylic acid groups (broad SMARTS) is 1. The molecule has 2 aliphatic rings. The number of nitrogens with one attached hydrogen (secondary N) is 1. The minimum atomic E-state index is -0.958. The molecule has 1 aromatic rings. The Morgan fingerprint density at radius 1 is 1.12 bits per heavy atom. The Bertz CT molecular complexity index is 602. The van der Waals surface area contributed by atoms with E-state index in [1.54, 1.807) is 12.1 Å². The monoisotopic (exact) mass is 332 g/mol. The molecule has 24 heavy (non-hydrogen) atoms. The van der Waals surface area contributed by atoms with Gasteiger partial charge in [0.25, 0.3) is 0 Å². The summed E-state index contributed by atoms with van der Waals surface area (Å²) in [6.07, 6.45) is 4.52. The highest BCUT2D eigenvalue weighted by Crippen LogP contribution is 2.35. The fraction of sp³-hybridized carbons (Fsp3) is 0.556. The average Bonchev–Trinajstić information content (AvgIpc) is 3.21.